The SMILES string of the molecule is [Au][CH]1NCCS1.c1ccc(OP(Oc2ccccc2)Sc2ccccc2)cc1. The first-order chi connectivity index (χ1) is 13.8. The molecule has 0 bridgehead atoms. The molecule has 1 N–H and O–H groups in total. The van der Waals surface area contributed by atoms with Crippen molar-refractivity contribution in [2.75, 3.05) is 12.3 Å². The molecule has 0 aromatic heterocycles. The van der Waals surface area contributed by atoms with Crippen LogP contribution in [0.25, 0.3) is 0 Å². The Morgan fingerprint density at radius 2 is 1.32 bits per heavy atom. The summed E-state index contributed by atoms with van der Waals surface area (Å²) in [7, 11) is -1.17. The maximum atomic E-state index is 6.03. The number of benzene rings is 3. The van der Waals surface area contributed by atoms with Crippen molar-refractivity contribution in [2.24, 2.45) is 0 Å². The van der Waals surface area contributed by atoms with Crippen LogP contribution in [0.5, 0.6) is 11.5 Å². The fourth-order valence-corrected chi connectivity index (χ4v) is 6.64. The summed E-state index contributed by atoms with van der Waals surface area (Å²) in [5.74, 6) is 2.90. The average molecular weight is 611 g/mol. The van der Waals surface area contributed by atoms with E-state index in [4.69, 9.17) is 9.05 Å². The van der Waals surface area contributed by atoms with Gasteiger partial charge in [0.15, 0.2) is 0 Å². The minimum atomic E-state index is -1.17. The third-order valence-corrected chi connectivity index (χ3v) is 8.69. The molecule has 3 aromatic carbocycles. The van der Waals surface area contributed by atoms with E-state index >= 15 is 0 Å². The third kappa shape index (κ3) is 8.22. The minimum absolute atomic E-state index is 0.657. The van der Waals surface area contributed by atoms with E-state index in [1.54, 1.807) is 11.4 Å². The van der Waals surface area contributed by atoms with Crippen LogP contribution < -0.4 is 14.4 Å². The summed E-state index contributed by atoms with van der Waals surface area (Å²) < 4.78 is 12.7. The van der Waals surface area contributed by atoms with E-state index in [1.165, 1.54) is 12.3 Å². The van der Waals surface area contributed by atoms with Crippen LogP contribution in [0.1, 0.15) is 0 Å². The summed E-state index contributed by atoms with van der Waals surface area (Å²) in [6.07, 6.45) is 0. The smallest absolute Gasteiger partial charge is 0.365 e. The maximum absolute atomic E-state index is 6.03. The quantitative estimate of drug-likeness (QED) is 0.261. The molecule has 1 unspecified atom stereocenters. The Morgan fingerprint density at radius 3 is 1.71 bits per heavy atom. The van der Waals surface area contributed by atoms with E-state index in [1.807, 2.05) is 90.6 Å². The standard InChI is InChI=1S/C18H15O2PS.C3H6NS.Au/c1-4-10-16(11-5-1)19-21(20-17-12-6-2-7-13-17)22-18-14-8-3-9-15-18;1-2-5-3-4-1;/h1-15H;3-4H,1-2H2;. The fraction of sp³-hybridized carbons (Fsp3) is 0.143. The molecule has 1 aliphatic rings. The fourth-order valence-electron chi connectivity index (χ4n) is 2.13. The summed E-state index contributed by atoms with van der Waals surface area (Å²) in [5.41, 5.74) is 0. The van der Waals surface area contributed by atoms with Gasteiger partial charge in [-0.1, -0.05) is 54.6 Å². The Hall–Kier alpha value is -0.910. The second-order valence-corrected chi connectivity index (χ2v) is 11.7. The first-order valence-electron chi connectivity index (χ1n) is 8.73. The zero-order chi connectivity index (χ0) is 19.4. The van der Waals surface area contributed by atoms with Gasteiger partial charge in [-0.25, -0.2) is 0 Å². The summed E-state index contributed by atoms with van der Waals surface area (Å²) >= 11 is 6.11. The molecule has 1 atom stereocenters. The van der Waals surface area contributed by atoms with Crippen LogP contribution in [0.3, 0.4) is 0 Å². The van der Waals surface area contributed by atoms with Crippen molar-refractivity contribution in [1.82, 2.24) is 5.32 Å². The normalized spacial score (nSPS) is 15.6. The number of hydrogen-bond donors (Lipinski definition) is 1. The van der Waals surface area contributed by atoms with Gasteiger partial charge in [-0.3, -0.25) is 0 Å². The monoisotopic (exact) mass is 611 g/mol. The van der Waals surface area contributed by atoms with E-state index in [-0.39, 0.29) is 0 Å². The van der Waals surface area contributed by atoms with Crippen molar-refractivity contribution in [3.05, 3.63) is 91.0 Å². The molecule has 7 heteroatoms. The van der Waals surface area contributed by atoms with Crippen molar-refractivity contribution >= 4 is 30.7 Å². The number of hydrogen-bond acceptors (Lipinski definition) is 5. The van der Waals surface area contributed by atoms with Crippen molar-refractivity contribution in [3.63, 3.8) is 0 Å². The van der Waals surface area contributed by atoms with Gasteiger partial charge in [0.1, 0.15) is 11.5 Å². The molecule has 28 heavy (non-hydrogen) atoms. The average Bonchev–Trinajstić information content (AvgIpc) is 3.22. The molecule has 1 heterocycles. The molecule has 0 radical (unpaired) electrons. The zero-order valence-corrected chi connectivity index (χ0v) is 19.7. The molecule has 1 fully saturated rings. The molecule has 1 aliphatic heterocycles. The molecule has 4 rings (SSSR count). The molecule has 0 aliphatic carbocycles. The molecule has 0 amide bonds. The minimum Gasteiger partial charge on any atom is -0.431 e. The third-order valence-electron chi connectivity index (χ3n) is 3.41. The van der Waals surface area contributed by atoms with Crippen molar-refractivity contribution in [2.45, 2.75) is 8.49 Å². The summed E-state index contributed by atoms with van der Waals surface area (Å²) in [6, 6.07) is 29.7. The predicted octanol–water partition coefficient (Wildman–Crippen LogP) is 6.32. The molecule has 150 valence electrons. The van der Waals surface area contributed by atoms with Gasteiger partial charge >= 0.3 is 61.6 Å². The Bertz CT molecular complexity index is 695. The van der Waals surface area contributed by atoms with Gasteiger partial charge in [0, 0.05) is 4.90 Å². The zero-order valence-electron chi connectivity index (χ0n) is 15.0. The van der Waals surface area contributed by atoms with Crippen molar-refractivity contribution in [3.8, 4) is 11.5 Å². The van der Waals surface area contributed by atoms with Gasteiger partial charge in [0.2, 0.25) is 0 Å². The molecule has 0 saturated carbocycles. The summed E-state index contributed by atoms with van der Waals surface area (Å²) in [4.78, 5) is 1.13. The number of rotatable bonds is 6. The van der Waals surface area contributed by atoms with Gasteiger partial charge in [-0.15, -0.1) is 0 Å². The Balaban J connectivity index is 0.000000320. The van der Waals surface area contributed by atoms with Crippen LogP contribution in [0, 0.1) is 0 Å². The number of nitrogens with one attached hydrogen (secondary N) is 1. The Kier molecular flexibility index (Phi) is 9.81. The van der Waals surface area contributed by atoms with E-state index in [0.29, 0.717) is 3.59 Å². The topological polar surface area (TPSA) is 30.5 Å². The second kappa shape index (κ2) is 12.6. The van der Waals surface area contributed by atoms with E-state index in [2.05, 4.69) is 38.5 Å². The molecule has 3 aromatic rings. The molecule has 1 saturated heterocycles. The molecular formula is C21H21AuNO2PS2. The Labute approximate surface area is 188 Å². The van der Waals surface area contributed by atoms with Crippen LogP contribution in [-0.4, -0.2) is 15.9 Å². The van der Waals surface area contributed by atoms with Crippen LogP contribution in [0.2, 0.25) is 0 Å². The second-order valence-electron chi connectivity index (χ2n) is 5.54. The summed E-state index contributed by atoms with van der Waals surface area (Å²) in [6.45, 7) is 1.19. The predicted molar refractivity (Wildman–Crippen MR) is 118 cm³/mol. The molecular weight excluding hydrogens is 590 g/mol. The van der Waals surface area contributed by atoms with Gasteiger partial charge in [0.05, 0.1) is 0 Å². The van der Waals surface area contributed by atoms with Crippen molar-refractivity contribution < 1.29 is 30.1 Å². The first-order valence-corrected chi connectivity index (χ1v) is 13.6. The van der Waals surface area contributed by atoms with E-state index in [9.17, 15) is 0 Å². The van der Waals surface area contributed by atoms with E-state index in [0.717, 1.165) is 16.4 Å². The van der Waals surface area contributed by atoms with Crippen LogP contribution >= 0.6 is 30.7 Å². The first kappa shape index (κ1) is 21.8. The van der Waals surface area contributed by atoms with Crippen LogP contribution in [0.15, 0.2) is 95.9 Å². The van der Waals surface area contributed by atoms with Crippen molar-refractivity contribution in [1.29, 1.82) is 0 Å². The van der Waals surface area contributed by atoms with E-state index < -0.39 is 7.58 Å². The van der Waals surface area contributed by atoms with Crippen LogP contribution in [0.4, 0.5) is 0 Å². The molecule has 3 nitrogen and oxygen atoms in total. The largest absolute Gasteiger partial charge is 0.431 e. The maximum Gasteiger partial charge on any atom is 0.365 e. The number of para-hydroxylation sites is 2. The van der Waals surface area contributed by atoms with Gasteiger partial charge in [-0.05, 0) is 47.8 Å². The van der Waals surface area contributed by atoms with Gasteiger partial charge in [-0.2, -0.15) is 0 Å². The van der Waals surface area contributed by atoms with Gasteiger partial charge in [0.25, 0.3) is 0 Å². The number of thioether (sulfide) groups is 1. The van der Waals surface area contributed by atoms with Gasteiger partial charge < -0.3 is 9.05 Å². The Morgan fingerprint density at radius 1 is 0.821 bits per heavy atom. The molecule has 0 spiro atoms. The van der Waals surface area contributed by atoms with Crippen LogP contribution in [-0.2, 0) is 21.1 Å². The summed E-state index contributed by atoms with van der Waals surface area (Å²) in [5, 5.41) is 3.26.